The molecule has 1 aliphatic rings. The van der Waals surface area contributed by atoms with Crippen molar-refractivity contribution in [3.05, 3.63) is 10.1 Å². The Labute approximate surface area is 67.5 Å². The molecule has 0 amide bonds. The first-order valence-corrected chi connectivity index (χ1v) is 3.76. The molecule has 10 heavy (non-hydrogen) atoms. The molecule has 56 valence electrons. The van der Waals surface area contributed by atoms with E-state index in [9.17, 15) is 0 Å². The largest absolute Gasteiger partial charge is 0.411 e. The number of halogens is 1. The summed E-state index contributed by atoms with van der Waals surface area (Å²) in [5.41, 5.74) is 0.911. The Morgan fingerprint density at radius 3 is 3.10 bits per heavy atom. The van der Waals surface area contributed by atoms with E-state index in [1.165, 1.54) is 6.21 Å². The highest BCUT2D eigenvalue weighted by Crippen LogP contribution is 2.19. The normalized spacial score (nSPS) is 20.5. The van der Waals surface area contributed by atoms with E-state index in [0.29, 0.717) is 6.61 Å². The molecule has 0 unspecified atom stereocenters. The number of oxime groups is 1. The predicted molar refractivity (Wildman–Crippen MR) is 41.7 cm³/mol. The molecule has 0 atom stereocenters. The molecular formula is C6H8BrNO2. The summed E-state index contributed by atoms with van der Waals surface area (Å²) in [5.74, 6) is 0. The summed E-state index contributed by atoms with van der Waals surface area (Å²) in [4.78, 5) is 0. The fourth-order valence-corrected chi connectivity index (χ4v) is 1.14. The molecule has 0 aliphatic carbocycles. The monoisotopic (exact) mass is 205 g/mol. The molecule has 1 aliphatic heterocycles. The Morgan fingerprint density at radius 2 is 2.50 bits per heavy atom. The van der Waals surface area contributed by atoms with Crippen molar-refractivity contribution in [2.24, 2.45) is 5.16 Å². The van der Waals surface area contributed by atoms with Crippen molar-refractivity contribution in [1.29, 1.82) is 0 Å². The number of nitrogens with zero attached hydrogens (tertiary/aromatic N) is 1. The van der Waals surface area contributed by atoms with Crippen LogP contribution in [0.1, 0.15) is 6.42 Å². The summed E-state index contributed by atoms with van der Waals surface area (Å²) in [5, 5.41) is 11.1. The number of hydrogen-bond donors (Lipinski definition) is 1. The molecule has 0 aromatic rings. The van der Waals surface area contributed by atoms with Gasteiger partial charge in [0, 0.05) is 16.5 Å². The lowest BCUT2D eigenvalue weighted by Crippen LogP contribution is -2.09. The van der Waals surface area contributed by atoms with Crippen LogP contribution in [0.3, 0.4) is 0 Å². The maximum absolute atomic E-state index is 8.20. The smallest absolute Gasteiger partial charge is 0.0741 e. The van der Waals surface area contributed by atoms with E-state index in [-0.39, 0.29) is 0 Å². The summed E-state index contributed by atoms with van der Waals surface area (Å²) >= 11 is 3.35. The van der Waals surface area contributed by atoms with Crippen molar-refractivity contribution >= 4 is 22.1 Å². The van der Waals surface area contributed by atoms with Gasteiger partial charge in [0.25, 0.3) is 0 Å². The van der Waals surface area contributed by atoms with E-state index in [4.69, 9.17) is 9.94 Å². The van der Waals surface area contributed by atoms with Gasteiger partial charge in [0.05, 0.1) is 19.4 Å². The topological polar surface area (TPSA) is 41.8 Å². The standard InChI is InChI=1S/C6H8BrNO2/c7-6-1-2-10-4-5(6)3-8-9/h3,9H,1-2,4H2/b8-3+. The van der Waals surface area contributed by atoms with Gasteiger partial charge >= 0.3 is 0 Å². The average Bonchev–Trinajstić information content (AvgIpc) is 1.94. The maximum Gasteiger partial charge on any atom is 0.0741 e. The van der Waals surface area contributed by atoms with Crippen LogP contribution in [-0.4, -0.2) is 24.6 Å². The third-order valence-corrected chi connectivity index (χ3v) is 2.19. The first-order valence-electron chi connectivity index (χ1n) is 2.97. The quantitative estimate of drug-likeness (QED) is 0.401. The fraction of sp³-hybridized carbons (Fsp3) is 0.500. The highest BCUT2D eigenvalue weighted by molar-refractivity contribution is 9.11. The Kier molecular flexibility index (Phi) is 2.89. The van der Waals surface area contributed by atoms with E-state index in [1.54, 1.807) is 0 Å². The number of hydrogen-bond acceptors (Lipinski definition) is 3. The number of rotatable bonds is 1. The second-order valence-corrected chi connectivity index (χ2v) is 2.93. The van der Waals surface area contributed by atoms with E-state index in [2.05, 4.69) is 21.1 Å². The van der Waals surface area contributed by atoms with Gasteiger partial charge in [-0.25, -0.2) is 0 Å². The van der Waals surface area contributed by atoms with Gasteiger partial charge in [-0.15, -0.1) is 0 Å². The SMILES string of the molecule is O/N=C/C1=C(Br)CCOC1. The third kappa shape index (κ3) is 1.82. The zero-order valence-electron chi connectivity index (χ0n) is 5.38. The second-order valence-electron chi connectivity index (χ2n) is 1.98. The lowest BCUT2D eigenvalue weighted by atomic mass is 10.2. The molecule has 1 heterocycles. The molecule has 0 fully saturated rings. The highest BCUT2D eigenvalue weighted by atomic mass is 79.9. The van der Waals surface area contributed by atoms with Gasteiger partial charge in [-0.1, -0.05) is 21.1 Å². The van der Waals surface area contributed by atoms with Crippen LogP contribution in [0.4, 0.5) is 0 Å². The van der Waals surface area contributed by atoms with Gasteiger partial charge in [0.2, 0.25) is 0 Å². The molecule has 0 aromatic heterocycles. The van der Waals surface area contributed by atoms with E-state index in [1.807, 2.05) is 0 Å². The minimum absolute atomic E-state index is 0.532. The van der Waals surface area contributed by atoms with Crippen LogP contribution >= 0.6 is 15.9 Å². The lowest BCUT2D eigenvalue weighted by molar-refractivity contribution is 0.153. The van der Waals surface area contributed by atoms with Crippen LogP contribution in [-0.2, 0) is 4.74 Å². The van der Waals surface area contributed by atoms with Crippen LogP contribution < -0.4 is 0 Å². The van der Waals surface area contributed by atoms with Crippen LogP contribution in [0, 0.1) is 0 Å². The van der Waals surface area contributed by atoms with Gasteiger partial charge in [-0.3, -0.25) is 0 Å². The minimum Gasteiger partial charge on any atom is -0.411 e. The lowest BCUT2D eigenvalue weighted by Gasteiger charge is -2.12. The van der Waals surface area contributed by atoms with Crippen molar-refractivity contribution in [3.8, 4) is 0 Å². The van der Waals surface area contributed by atoms with E-state index in [0.717, 1.165) is 23.1 Å². The van der Waals surface area contributed by atoms with Crippen molar-refractivity contribution in [2.75, 3.05) is 13.2 Å². The van der Waals surface area contributed by atoms with E-state index < -0.39 is 0 Å². The molecule has 4 heteroatoms. The molecule has 0 saturated carbocycles. The Morgan fingerprint density at radius 1 is 1.70 bits per heavy atom. The van der Waals surface area contributed by atoms with Gasteiger partial charge in [-0.2, -0.15) is 0 Å². The molecule has 1 rings (SSSR count). The molecular weight excluding hydrogens is 198 g/mol. The van der Waals surface area contributed by atoms with Crippen molar-refractivity contribution in [2.45, 2.75) is 6.42 Å². The van der Waals surface area contributed by atoms with Gasteiger partial charge < -0.3 is 9.94 Å². The van der Waals surface area contributed by atoms with Crippen LogP contribution in [0.15, 0.2) is 15.2 Å². The van der Waals surface area contributed by atoms with E-state index >= 15 is 0 Å². The maximum atomic E-state index is 8.20. The van der Waals surface area contributed by atoms with Crippen molar-refractivity contribution in [3.63, 3.8) is 0 Å². The van der Waals surface area contributed by atoms with Crippen molar-refractivity contribution in [1.82, 2.24) is 0 Å². The van der Waals surface area contributed by atoms with Gasteiger partial charge in [-0.05, 0) is 0 Å². The summed E-state index contributed by atoms with van der Waals surface area (Å²) in [7, 11) is 0. The van der Waals surface area contributed by atoms with Gasteiger partial charge in [0.1, 0.15) is 0 Å². The van der Waals surface area contributed by atoms with Crippen molar-refractivity contribution < 1.29 is 9.94 Å². The first-order chi connectivity index (χ1) is 4.84. The molecule has 1 N–H and O–H groups in total. The first kappa shape index (κ1) is 7.75. The minimum atomic E-state index is 0.532. The summed E-state index contributed by atoms with van der Waals surface area (Å²) in [6, 6.07) is 0. The summed E-state index contributed by atoms with van der Waals surface area (Å²) < 4.78 is 6.18. The highest BCUT2D eigenvalue weighted by Gasteiger charge is 2.07. The number of ether oxygens (including phenoxy) is 1. The molecule has 0 bridgehead atoms. The molecule has 0 radical (unpaired) electrons. The summed E-state index contributed by atoms with van der Waals surface area (Å²) in [6.45, 7) is 1.27. The van der Waals surface area contributed by atoms with Crippen LogP contribution in [0.5, 0.6) is 0 Å². The Bertz CT molecular complexity index is 177. The average molecular weight is 206 g/mol. The van der Waals surface area contributed by atoms with Gasteiger partial charge in [0.15, 0.2) is 0 Å². The zero-order chi connectivity index (χ0) is 7.40. The molecule has 0 spiro atoms. The zero-order valence-corrected chi connectivity index (χ0v) is 6.97. The Hall–Kier alpha value is -0.350. The molecule has 0 aromatic carbocycles. The second kappa shape index (κ2) is 3.73. The Balaban J connectivity index is 2.68. The fourth-order valence-electron chi connectivity index (χ4n) is 0.760. The van der Waals surface area contributed by atoms with Crippen LogP contribution in [0.2, 0.25) is 0 Å². The molecule has 0 saturated heterocycles. The summed E-state index contributed by atoms with van der Waals surface area (Å²) in [6.07, 6.45) is 2.25. The molecule has 3 nitrogen and oxygen atoms in total. The predicted octanol–water partition coefficient (Wildman–Crippen LogP) is 1.52. The van der Waals surface area contributed by atoms with Crippen LogP contribution in [0.25, 0.3) is 0 Å². The third-order valence-electron chi connectivity index (χ3n) is 1.29.